The van der Waals surface area contributed by atoms with Gasteiger partial charge in [0, 0.05) is 136 Å². The molecule has 1 unspecified atom stereocenters. The molecule has 4 aliphatic heterocycles. The predicted molar refractivity (Wildman–Crippen MR) is 325 cm³/mol. The van der Waals surface area contributed by atoms with Gasteiger partial charge in [-0.25, -0.2) is 25.9 Å². The van der Waals surface area contributed by atoms with E-state index in [1.807, 2.05) is 52.1 Å². The highest BCUT2D eigenvalue weighted by Crippen LogP contribution is 2.38. The second kappa shape index (κ2) is 27.2. The molecule has 4 fully saturated rings. The zero-order valence-corrected chi connectivity index (χ0v) is 50.2. The molecular formula is C61H70ClF4N9O7S3. The molecule has 0 spiro atoms. The highest BCUT2D eigenvalue weighted by Gasteiger charge is 2.49. The number of hydrogen-bond acceptors (Lipinski definition) is 15. The number of nitrogens with one attached hydrogen (secondary N) is 4. The molecule has 0 aromatic heterocycles. The van der Waals surface area contributed by atoms with Gasteiger partial charge in [-0.1, -0.05) is 53.9 Å². The third-order valence-corrected chi connectivity index (χ3v) is 20.8. The molecule has 454 valence electrons. The number of sulfone groups is 1. The summed E-state index contributed by atoms with van der Waals surface area (Å²) >= 11 is 7.64. The van der Waals surface area contributed by atoms with Crippen LogP contribution in [0.3, 0.4) is 0 Å². The van der Waals surface area contributed by atoms with Crippen LogP contribution in [0, 0.1) is 11.7 Å². The fourth-order valence-electron chi connectivity index (χ4n) is 11.7. The second-order valence-electron chi connectivity index (χ2n) is 22.5. The Hall–Kier alpha value is -6.21. The smallest absolute Gasteiger partial charge is 0.380 e. The molecule has 2 atom stereocenters. The zero-order chi connectivity index (χ0) is 59.9. The molecule has 0 radical (unpaired) electrons. The van der Waals surface area contributed by atoms with Crippen LogP contribution in [0.5, 0.6) is 0 Å². The van der Waals surface area contributed by atoms with Crippen molar-refractivity contribution in [1.82, 2.24) is 24.7 Å². The van der Waals surface area contributed by atoms with Gasteiger partial charge in [0.05, 0.1) is 16.3 Å². The second-order valence-corrected chi connectivity index (χ2v) is 27.6. The minimum atomic E-state index is -6.13. The van der Waals surface area contributed by atoms with E-state index in [-0.39, 0.29) is 17.9 Å². The van der Waals surface area contributed by atoms with Crippen LogP contribution in [0.2, 0.25) is 5.02 Å². The number of allylic oxidation sites excluding steroid dienone is 1. The lowest BCUT2D eigenvalue weighted by Gasteiger charge is -2.45. The van der Waals surface area contributed by atoms with Crippen molar-refractivity contribution in [2.75, 3.05) is 111 Å². The molecule has 3 amide bonds. The number of carbonyl (C=O) groups excluding carboxylic acids is 3. The van der Waals surface area contributed by atoms with Gasteiger partial charge in [-0.05, 0) is 135 Å². The summed E-state index contributed by atoms with van der Waals surface area (Å²) in [5, 5.41) is 9.07. The Balaban J connectivity index is 0.737. The van der Waals surface area contributed by atoms with Crippen LogP contribution in [0.15, 0.2) is 136 Å². The molecule has 4 N–H and O–H groups in total. The first kappa shape index (κ1) is 61.9. The lowest BCUT2D eigenvalue weighted by molar-refractivity contribution is -0.133. The van der Waals surface area contributed by atoms with E-state index in [2.05, 4.69) is 47.7 Å². The van der Waals surface area contributed by atoms with Crippen molar-refractivity contribution in [1.29, 1.82) is 0 Å². The van der Waals surface area contributed by atoms with Crippen molar-refractivity contribution in [3.8, 4) is 0 Å². The normalized spacial score (nSPS) is 19.5. The summed E-state index contributed by atoms with van der Waals surface area (Å²) in [6.07, 6.45) is 6.53. The molecule has 0 saturated carbocycles. The van der Waals surface area contributed by atoms with E-state index < -0.39 is 70.6 Å². The average molecular weight is 1250 g/mol. The lowest BCUT2D eigenvalue weighted by atomic mass is 9.95. The quantitative estimate of drug-likeness (QED) is 0.0309. The molecule has 0 bridgehead atoms. The molecule has 4 heterocycles. The number of benzene rings is 5. The molecule has 85 heavy (non-hydrogen) atoms. The number of thioether (sulfide) groups is 1. The third-order valence-electron chi connectivity index (χ3n) is 16.5. The Bertz CT molecular complexity index is 3450. The Kier molecular flexibility index (Phi) is 19.8. The van der Waals surface area contributed by atoms with Crippen LogP contribution >= 0.6 is 23.4 Å². The van der Waals surface area contributed by atoms with E-state index in [4.69, 9.17) is 11.6 Å². The first-order valence-corrected chi connectivity index (χ1v) is 33.2. The van der Waals surface area contributed by atoms with Crippen molar-refractivity contribution in [2.45, 2.75) is 83.6 Å². The number of carbonyl (C=O) groups is 3. The summed E-state index contributed by atoms with van der Waals surface area (Å²) in [4.78, 5) is 47.2. The van der Waals surface area contributed by atoms with Gasteiger partial charge in [-0.2, -0.15) is 13.2 Å². The predicted octanol–water partition coefficient (Wildman–Crippen LogP) is 9.37. The van der Waals surface area contributed by atoms with E-state index in [0.717, 1.165) is 101 Å². The van der Waals surface area contributed by atoms with Gasteiger partial charge in [0.15, 0.2) is 0 Å². The molecule has 5 aromatic rings. The van der Waals surface area contributed by atoms with Gasteiger partial charge in [-0.15, -0.1) is 11.8 Å². The average Bonchev–Trinajstić information content (AvgIpc) is 3.90. The fourth-order valence-corrected chi connectivity index (χ4v) is 14.9. The number of nitrogens with zero attached hydrogens (tertiary/aromatic N) is 5. The number of halogens is 5. The number of hydrogen-bond donors (Lipinski definition) is 4. The topological polar surface area (TPSA) is 184 Å². The maximum absolute atomic E-state index is 15.3. The number of piperidine rings is 1. The van der Waals surface area contributed by atoms with Crippen molar-refractivity contribution < 1.29 is 48.8 Å². The van der Waals surface area contributed by atoms with Gasteiger partial charge < -0.3 is 30.2 Å². The summed E-state index contributed by atoms with van der Waals surface area (Å²) < 4.78 is 115. The van der Waals surface area contributed by atoms with E-state index >= 15 is 4.39 Å². The minimum absolute atomic E-state index is 0.0192. The summed E-state index contributed by atoms with van der Waals surface area (Å²) in [6.45, 7) is 9.53. The van der Waals surface area contributed by atoms with Gasteiger partial charge in [0.2, 0.25) is 11.8 Å². The fraction of sp³-hybridized carbons (Fsp3) is 0.426. The number of anilines is 4. The number of piperazine rings is 2. The largest absolute Gasteiger partial charge is 0.501 e. The van der Waals surface area contributed by atoms with E-state index in [1.165, 1.54) is 53.1 Å². The first-order valence-electron chi connectivity index (χ1n) is 28.9. The maximum Gasteiger partial charge on any atom is 0.501 e. The molecule has 16 nitrogen and oxygen atoms in total. The van der Waals surface area contributed by atoms with Crippen LogP contribution in [-0.4, -0.2) is 158 Å². The van der Waals surface area contributed by atoms with Crippen molar-refractivity contribution in [3.63, 3.8) is 0 Å². The standard InChI is InChI=1S/C61H70ClF4N9O7S3/c62-46-15-11-43(12-16-46)52-10-6-1-3-7-45(52)40-73-31-33-74(34-32-73)49-18-13-44(14-19-49)59(77)70-85(81,82)51-20-21-54(57(36-51)84(79,80)61(64,65)66)68-48(41-83-50-8-4-2-5-9-50)25-26-71-27-29-72(30-28-71)37-42-38-75(39-42)56-23-17-47(35-53(56)63)67-55-22-24-58(76)69-60(55)78/h2,4-5,8-9,11-21,23,35-36,42,48,55,67-68H,1,3,6-7,10,22,24-34,37-41H2,(H,70,77)(H,69,76,78)/t48-,55?/m1/s1. The number of sulfonamides is 1. The third kappa shape index (κ3) is 15.7. The number of amides is 3. The van der Waals surface area contributed by atoms with Crippen LogP contribution < -0.4 is 30.5 Å². The molecule has 5 aromatic carbocycles. The monoisotopic (exact) mass is 1250 g/mol. The van der Waals surface area contributed by atoms with Crippen LogP contribution in [0.1, 0.15) is 67.3 Å². The summed E-state index contributed by atoms with van der Waals surface area (Å²) in [5.41, 5.74) is -0.389. The summed E-state index contributed by atoms with van der Waals surface area (Å²) in [7, 11) is -11.0. The first-order chi connectivity index (χ1) is 40.7. The highest BCUT2D eigenvalue weighted by molar-refractivity contribution is 7.99. The Labute approximate surface area is 503 Å². The molecule has 10 rings (SSSR count). The molecule has 1 aliphatic carbocycles. The van der Waals surface area contributed by atoms with Gasteiger partial charge in [0.25, 0.3) is 25.8 Å². The Morgan fingerprint density at radius 3 is 2.14 bits per heavy atom. The Morgan fingerprint density at radius 2 is 1.45 bits per heavy atom. The highest BCUT2D eigenvalue weighted by atomic mass is 35.5. The summed E-state index contributed by atoms with van der Waals surface area (Å²) in [6, 6.07) is 29.8. The van der Waals surface area contributed by atoms with E-state index in [9.17, 15) is 44.4 Å². The Morgan fingerprint density at radius 1 is 0.753 bits per heavy atom. The number of rotatable bonds is 21. The van der Waals surface area contributed by atoms with Crippen molar-refractivity contribution >= 4 is 89.3 Å². The van der Waals surface area contributed by atoms with Gasteiger partial charge in [-0.3, -0.25) is 24.6 Å². The van der Waals surface area contributed by atoms with Crippen LogP contribution in [0.25, 0.3) is 5.57 Å². The number of imide groups is 1. The molecule has 24 heteroatoms. The molecular weight excluding hydrogens is 1180 g/mol. The molecule has 4 saturated heterocycles. The maximum atomic E-state index is 15.3. The SMILES string of the molecule is O=C1CCC(Nc2ccc(N3CC(CN4CCN(CC[C@H](CSc5ccccc5)Nc5ccc(S(=O)(=O)NC(=O)c6ccc(N7CCN(CC8=C(c9ccc(Cl)cc9)CCCCC8)CC7)cc6)cc5S(=O)(=O)C(F)(F)F)CC4)C3)c(F)c2)C(=O)N1. The lowest BCUT2D eigenvalue weighted by Crippen LogP contribution is -2.55. The van der Waals surface area contributed by atoms with Crippen molar-refractivity contribution in [2.24, 2.45) is 5.92 Å². The van der Waals surface area contributed by atoms with Gasteiger partial charge in [0.1, 0.15) is 16.8 Å². The van der Waals surface area contributed by atoms with Crippen LogP contribution in [-0.2, 0) is 29.4 Å². The van der Waals surface area contributed by atoms with Crippen molar-refractivity contribution in [3.05, 3.63) is 143 Å². The van der Waals surface area contributed by atoms with Gasteiger partial charge >= 0.3 is 5.51 Å². The zero-order valence-electron chi connectivity index (χ0n) is 47.0. The number of alkyl halides is 3. The molecule has 5 aliphatic rings. The van der Waals surface area contributed by atoms with Crippen LogP contribution in [0.4, 0.5) is 40.3 Å². The van der Waals surface area contributed by atoms with E-state index in [0.29, 0.717) is 79.7 Å². The minimum Gasteiger partial charge on any atom is -0.380 e. The summed E-state index contributed by atoms with van der Waals surface area (Å²) in [5.74, 6) is -1.58. The van der Waals surface area contributed by atoms with E-state index in [1.54, 1.807) is 24.3 Å².